The number of amides is 2. The van der Waals surface area contributed by atoms with E-state index >= 15 is 0 Å². The second kappa shape index (κ2) is 6.24. The minimum atomic E-state index is -0.458. The number of aromatic nitrogens is 3. The molecule has 1 aliphatic heterocycles. The zero-order chi connectivity index (χ0) is 15.6. The molecule has 1 fully saturated rings. The average Bonchev–Trinajstić information content (AvgIpc) is 2.81. The number of rotatable bonds is 4. The fraction of sp³-hybridized carbons (Fsp3) is 0.714. The highest BCUT2D eigenvalue weighted by Crippen LogP contribution is 2.19. The van der Waals surface area contributed by atoms with Gasteiger partial charge in [0.25, 0.3) is 0 Å². The molecule has 0 bridgehead atoms. The van der Waals surface area contributed by atoms with Gasteiger partial charge in [-0.1, -0.05) is 20.3 Å². The van der Waals surface area contributed by atoms with Crippen molar-refractivity contribution >= 4 is 11.8 Å². The number of nitrogens with zero attached hydrogens (tertiary/aromatic N) is 4. The highest BCUT2D eigenvalue weighted by Gasteiger charge is 2.36. The lowest BCUT2D eigenvalue weighted by atomic mass is 9.98. The molecule has 1 saturated heterocycles. The van der Waals surface area contributed by atoms with Crippen molar-refractivity contribution in [3.8, 4) is 0 Å². The van der Waals surface area contributed by atoms with Gasteiger partial charge in [-0.3, -0.25) is 14.3 Å². The van der Waals surface area contributed by atoms with E-state index in [1.165, 1.54) is 6.33 Å². The molecule has 1 aromatic heterocycles. The maximum absolute atomic E-state index is 12.8. The number of hydrogen-bond acceptors (Lipinski definition) is 4. The molecule has 2 rings (SSSR count). The summed E-state index contributed by atoms with van der Waals surface area (Å²) in [5.74, 6) is 0.716. The summed E-state index contributed by atoms with van der Waals surface area (Å²) in [4.78, 5) is 30.7. The van der Waals surface area contributed by atoms with Crippen molar-refractivity contribution in [1.29, 1.82) is 0 Å². The Bertz CT molecular complexity index is 527. The molecule has 2 amide bonds. The Morgan fingerprint density at radius 1 is 1.48 bits per heavy atom. The third-order valence-electron chi connectivity index (χ3n) is 4.21. The molecule has 0 saturated carbocycles. The molecule has 1 aromatic rings. The van der Waals surface area contributed by atoms with Crippen molar-refractivity contribution in [2.45, 2.75) is 52.2 Å². The third kappa shape index (κ3) is 3.22. The molecule has 1 aliphatic rings. The van der Waals surface area contributed by atoms with Crippen LogP contribution in [-0.2, 0) is 23.2 Å². The molecule has 0 aliphatic carbocycles. The fourth-order valence-electron chi connectivity index (χ4n) is 2.54. The van der Waals surface area contributed by atoms with Crippen LogP contribution < -0.4 is 5.32 Å². The van der Waals surface area contributed by atoms with Gasteiger partial charge in [-0.15, -0.1) is 0 Å². The first-order valence-corrected chi connectivity index (χ1v) is 7.36. The van der Waals surface area contributed by atoms with Crippen LogP contribution in [-0.4, -0.2) is 43.6 Å². The molecule has 3 unspecified atom stereocenters. The van der Waals surface area contributed by atoms with Crippen LogP contribution in [0, 0.1) is 5.92 Å². The molecule has 0 aromatic carbocycles. The largest absolute Gasteiger partial charge is 0.344 e. The standard InChI is InChI=1S/C14H23N5O2/c1-5-9(2)13-14(21)19(10(3)6-12(20)17-13)7-11-15-8-16-18(11)4/h8-10,13H,5-7H2,1-4H3,(H,17,20). The molecule has 2 heterocycles. The van der Waals surface area contributed by atoms with Crippen LogP contribution in [0.3, 0.4) is 0 Å². The highest BCUT2D eigenvalue weighted by atomic mass is 16.2. The summed E-state index contributed by atoms with van der Waals surface area (Å²) in [7, 11) is 1.80. The summed E-state index contributed by atoms with van der Waals surface area (Å²) in [6.07, 6.45) is 2.62. The van der Waals surface area contributed by atoms with Crippen LogP contribution in [0.15, 0.2) is 6.33 Å². The lowest BCUT2D eigenvalue weighted by Crippen LogP contribution is -2.49. The topological polar surface area (TPSA) is 80.1 Å². The Hall–Kier alpha value is -1.92. The number of aryl methyl sites for hydroxylation is 1. The number of hydrogen-bond donors (Lipinski definition) is 1. The van der Waals surface area contributed by atoms with Gasteiger partial charge in [-0.2, -0.15) is 5.10 Å². The van der Waals surface area contributed by atoms with Crippen molar-refractivity contribution in [3.05, 3.63) is 12.2 Å². The Kier molecular flexibility index (Phi) is 4.59. The predicted octanol–water partition coefficient (Wildman–Crippen LogP) is 0.467. The first kappa shape index (κ1) is 15.5. The van der Waals surface area contributed by atoms with E-state index in [2.05, 4.69) is 15.4 Å². The van der Waals surface area contributed by atoms with E-state index in [0.29, 0.717) is 18.8 Å². The van der Waals surface area contributed by atoms with Crippen LogP contribution in [0.5, 0.6) is 0 Å². The first-order valence-electron chi connectivity index (χ1n) is 7.36. The lowest BCUT2D eigenvalue weighted by molar-refractivity contribution is -0.137. The molecule has 116 valence electrons. The average molecular weight is 293 g/mol. The Morgan fingerprint density at radius 3 is 2.76 bits per heavy atom. The smallest absolute Gasteiger partial charge is 0.246 e. The SMILES string of the molecule is CCC(C)C1NC(=O)CC(C)N(Cc2ncnn2C)C1=O. The number of carbonyl (C=O) groups excluding carboxylic acids is 2. The minimum absolute atomic E-state index is 0.0364. The molecule has 7 heteroatoms. The van der Waals surface area contributed by atoms with E-state index in [-0.39, 0.29) is 23.8 Å². The second-order valence-electron chi connectivity index (χ2n) is 5.75. The Balaban J connectivity index is 2.26. The number of nitrogens with one attached hydrogen (secondary N) is 1. The second-order valence-corrected chi connectivity index (χ2v) is 5.75. The van der Waals surface area contributed by atoms with Gasteiger partial charge in [-0.05, 0) is 12.8 Å². The fourth-order valence-corrected chi connectivity index (χ4v) is 2.54. The van der Waals surface area contributed by atoms with E-state index in [9.17, 15) is 9.59 Å². The highest BCUT2D eigenvalue weighted by molar-refractivity contribution is 5.90. The molecule has 7 nitrogen and oxygen atoms in total. The summed E-state index contributed by atoms with van der Waals surface area (Å²) in [5, 5.41) is 6.89. The third-order valence-corrected chi connectivity index (χ3v) is 4.21. The molecule has 21 heavy (non-hydrogen) atoms. The van der Waals surface area contributed by atoms with Crippen LogP contribution in [0.1, 0.15) is 39.4 Å². The summed E-state index contributed by atoms with van der Waals surface area (Å²) < 4.78 is 1.65. The quantitative estimate of drug-likeness (QED) is 0.875. The van der Waals surface area contributed by atoms with E-state index < -0.39 is 6.04 Å². The molecular weight excluding hydrogens is 270 g/mol. The molecule has 0 radical (unpaired) electrons. The van der Waals surface area contributed by atoms with Gasteiger partial charge in [-0.25, -0.2) is 4.98 Å². The minimum Gasteiger partial charge on any atom is -0.344 e. The summed E-state index contributed by atoms with van der Waals surface area (Å²) in [6, 6.07) is -0.607. The Morgan fingerprint density at radius 2 is 2.19 bits per heavy atom. The monoisotopic (exact) mass is 293 g/mol. The van der Waals surface area contributed by atoms with E-state index in [0.717, 1.165) is 6.42 Å². The first-order chi connectivity index (χ1) is 9.93. The van der Waals surface area contributed by atoms with Crippen LogP contribution >= 0.6 is 0 Å². The molecule has 3 atom stereocenters. The van der Waals surface area contributed by atoms with E-state index in [1.807, 2.05) is 20.8 Å². The van der Waals surface area contributed by atoms with Gasteiger partial charge in [0, 0.05) is 19.5 Å². The molecule has 1 N–H and O–H groups in total. The Labute approximate surface area is 124 Å². The maximum Gasteiger partial charge on any atom is 0.246 e. The van der Waals surface area contributed by atoms with Crippen LogP contribution in [0.25, 0.3) is 0 Å². The van der Waals surface area contributed by atoms with Crippen LogP contribution in [0.4, 0.5) is 0 Å². The van der Waals surface area contributed by atoms with Crippen molar-refractivity contribution in [3.63, 3.8) is 0 Å². The zero-order valence-corrected chi connectivity index (χ0v) is 13.0. The molecule has 0 spiro atoms. The van der Waals surface area contributed by atoms with E-state index in [1.54, 1.807) is 16.6 Å². The predicted molar refractivity (Wildman–Crippen MR) is 77.0 cm³/mol. The maximum atomic E-state index is 12.8. The van der Waals surface area contributed by atoms with Crippen molar-refractivity contribution in [2.75, 3.05) is 0 Å². The van der Waals surface area contributed by atoms with Gasteiger partial charge in [0.05, 0.1) is 6.54 Å². The summed E-state index contributed by atoms with van der Waals surface area (Å²) in [6.45, 7) is 6.27. The van der Waals surface area contributed by atoms with Crippen molar-refractivity contribution in [1.82, 2.24) is 25.0 Å². The van der Waals surface area contributed by atoms with Crippen molar-refractivity contribution < 1.29 is 9.59 Å². The zero-order valence-electron chi connectivity index (χ0n) is 13.0. The summed E-state index contributed by atoms with van der Waals surface area (Å²) in [5.41, 5.74) is 0. The van der Waals surface area contributed by atoms with Gasteiger partial charge >= 0.3 is 0 Å². The van der Waals surface area contributed by atoms with Gasteiger partial charge in [0.2, 0.25) is 11.8 Å². The van der Waals surface area contributed by atoms with Gasteiger partial charge in [0.1, 0.15) is 18.2 Å². The molecular formula is C14H23N5O2. The van der Waals surface area contributed by atoms with Gasteiger partial charge < -0.3 is 10.2 Å². The van der Waals surface area contributed by atoms with Gasteiger partial charge in [0.15, 0.2) is 0 Å². The van der Waals surface area contributed by atoms with E-state index in [4.69, 9.17) is 0 Å². The van der Waals surface area contributed by atoms with Crippen molar-refractivity contribution in [2.24, 2.45) is 13.0 Å². The lowest BCUT2D eigenvalue weighted by Gasteiger charge is -2.30. The summed E-state index contributed by atoms with van der Waals surface area (Å²) >= 11 is 0. The van der Waals surface area contributed by atoms with Crippen LogP contribution in [0.2, 0.25) is 0 Å². The normalized spacial score (nSPS) is 24.7. The number of carbonyl (C=O) groups is 2.